The van der Waals surface area contributed by atoms with Crippen LogP contribution in [0.15, 0.2) is 30.3 Å². The summed E-state index contributed by atoms with van der Waals surface area (Å²) in [5.41, 5.74) is 6.27. The zero-order chi connectivity index (χ0) is 24.6. The predicted octanol–water partition coefficient (Wildman–Crippen LogP) is 2.76. The van der Waals surface area contributed by atoms with Crippen LogP contribution < -0.4 is 26.4 Å². The van der Waals surface area contributed by atoms with E-state index in [4.69, 9.17) is 10.5 Å². The molecule has 1 aliphatic heterocycles. The van der Waals surface area contributed by atoms with Crippen molar-refractivity contribution >= 4 is 17.7 Å². The van der Waals surface area contributed by atoms with Crippen LogP contribution in [0.1, 0.15) is 77.0 Å². The number of hydrogen-bond acceptors (Lipinski definition) is 5. The Bertz CT molecular complexity index is 852. The third-order valence-corrected chi connectivity index (χ3v) is 7.75. The van der Waals surface area contributed by atoms with Crippen molar-refractivity contribution in [1.82, 2.24) is 16.0 Å². The SMILES string of the molecule is NC(CC1CCCCC1)C(=O)NC(CC1CCCCC1)C(=O)NC1C(=O)NC1Oc1ccccc1. The summed E-state index contributed by atoms with van der Waals surface area (Å²) >= 11 is 0. The fourth-order valence-corrected chi connectivity index (χ4v) is 5.65. The van der Waals surface area contributed by atoms with Crippen LogP contribution in [0.2, 0.25) is 0 Å². The number of nitrogens with two attached hydrogens (primary N) is 1. The molecule has 0 spiro atoms. The molecule has 0 aromatic heterocycles. The molecule has 4 atom stereocenters. The molecule has 1 saturated heterocycles. The summed E-state index contributed by atoms with van der Waals surface area (Å²) in [6, 6.07) is 7.01. The van der Waals surface area contributed by atoms with Crippen LogP contribution in [0.4, 0.5) is 0 Å². The molecule has 35 heavy (non-hydrogen) atoms. The number of para-hydroxylation sites is 1. The van der Waals surface area contributed by atoms with Crippen molar-refractivity contribution in [3.05, 3.63) is 30.3 Å². The van der Waals surface area contributed by atoms with Crippen LogP contribution in [0.5, 0.6) is 5.75 Å². The number of hydrogen-bond donors (Lipinski definition) is 4. The van der Waals surface area contributed by atoms with E-state index >= 15 is 0 Å². The van der Waals surface area contributed by atoms with Crippen molar-refractivity contribution in [2.75, 3.05) is 0 Å². The van der Waals surface area contributed by atoms with E-state index in [9.17, 15) is 14.4 Å². The minimum atomic E-state index is -0.802. The van der Waals surface area contributed by atoms with Gasteiger partial charge in [-0.15, -0.1) is 0 Å². The molecule has 2 aliphatic carbocycles. The summed E-state index contributed by atoms with van der Waals surface area (Å²) in [4.78, 5) is 38.5. The lowest BCUT2D eigenvalue weighted by Gasteiger charge is -2.37. The number of benzene rings is 1. The Morgan fingerprint density at radius 2 is 1.51 bits per heavy atom. The number of nitrogens with one attached hydrogen (secondary N) is 3. The van der Waals surface area contributed by atoms with Crippen molar-refractivity contribution in [2.45, 2.75) is 101 Å². The number of carbonyl (C=O) groups is 3. The number of amides is 3. The van der Waals surface area contributed by atoms with Crippen molar-refractivity contribution < 1.29 is 19.1 Å². The van der Waals surface area contributed by atoms with Crippen LogP contribution in [-0.4, -0.2) is 42.1 Å². The van der Waals surface area contributed by atoms with Gasteiger partial charge < -0.3 is 26.4 Å². The van der Waals surface area contributed by atoms with E-state index in [1.54, 1.807) is 12.1 Å². The Morgan fingerprint density at radius 3 is 2.11 bits per heavy atom. The molecule has 1 heterocycles. The van der Waals surface area contributed by atoms with Gasteiger partial charge in [-0.3, -0.25) is 14.4 Å². The first-order valence-corrected chi connectivity index (χ1v) is 13.4. The Morgan fingerprint density at radius 1 is 0.914 bits per heavy atom. The second kappa shape index (κ2) is 12.4. The monoisotopic (exact) mass is 484 g/mol. The Kier molecular flexibility index (Phi) is 9.01. The summed E-state index contributed by atoms with van der Waals surface area (Å²) in [6.07, 6.45) is 12.1. The zero-order valence-electron chi connectivity index (χ0n) is 20.5. The van der Waals surface area contributed by atoms with E-state index in [0.717, 1.165) is 38.5 Å². The largest absolute Gasteiger partial charge is 0.468 e. The second-order valence-electron chi connectivity index (χ2n) is 10.5. The Balaban J connectivity index is 1.36. The van der Waals surface area contributed by atoms with Gasteiger partial charge in [0, 0.05) is 0 Å². The standard InChI is InChI=1S/C27H40N4O4/c28-21(16-18-10-4-1-5-11-18)24(32)29-22(17-19-12-6-2-7-13-19)25(33)30-23-26(34)31-27(23)35-20-14-8-3-9-15-20/h3,8-9,14-15,18-19,21-23,27H,1-2,4-7,10-13,16-17,28H2,(H,29,32)(H,30,33)(H,31,34). The first kappa shape index (κ1) is 25.5. The molecule has 0 radical (unpaired) electrons. The third-order valence-electron chi connectivity index (χ3n) is 7.75. The minimum Gasteiger partial charge on any atom is -0.468 e. The maximum Gasteiger partial charge on any atom is 0.251 e. The van der Waals surface area contributed by atoms with E-state index in [-0.39, 0.29) is 17.7 Å². The summed E-state index contributed by atoms with van der Waals surface area (Å²) in [5.74, 6) is 0.538. The zero-order valence-corrected chi connectivity index (χ0v) is 20.5. The topological polar surface area (TPSA) is 123 Å². The lowest BCUT2D eigenvalue weighted by atomic mass is 9.84. The van der Waals surface area contributed by atoms with Gasteiger partial charge in [0.25, 0.3) is 5.91 Å². The minimum absolute atomic E-state index is 0.276. The van der Waals surface area contributed by atoms with E-state index in [0.29, 0.717) is 30.4 Å². The number of ether oxygens (including phenoxy) is 1. The quantitative estimate of drug-likeness (QED) is 0.380. The highest BCUT2D eigenvalue weighted by Gasteiger charge is 2.43. The molecule has 0 bridgehead atoms. The van der Waals surface area contributed by atoms with Crippen LogP contribution in [0.3, 0.4) is 0 Å². The van der Waals surface area contributed by atoms with Crippen LogP contribution in [0.25, 0.3) is 0 Å². The summed E-state index contributed by atoms with van der Waals surface area (Å²) in [5, 5.41) is 8.45. The second-order valence-corrected chi connectivity index (χ2v) is 10.5. The van der Waals surface area contributed by atoms with E-state index in [1.807, 2.05) is 18.2 Å². The smallest absolute Gasteiger partial charge is 0.251 e. The van der Waals surface area contributed by atoms with Crippen molar-refractivity contribution in [3.63, 3.8) is 0 Å². The maximum atomic E-state index is 13.3. The van der Waals surface area contributed by atoms with Gasteiger partial charge in [-0.1, -0.05) is 82.4 Å². The van der Waals surface area contributed by atoms with E-state index < -0.39 is 24.4 Å². The summed E-state index contributed by atoms with van der Waals surface area (Å²) in [7, 11) is 0. The van der Waals surface area contributed by atoms with Crippen LogP contribution in [-0.2, 0) is 14.4 Å². The highest BCUT2D eigenvalue weighted by atomic mass is 16.5. The van der Waals surface area contributed by atoms with Crippen molar-refractivity contribution in [3.8, 4) is 5.75 Å². The molecule has 3 aliphatic rings. The van der Waals surface area contributed by atoms with Gasteiger partial charge in [-0.2, -0.15) is 0 Å². The van der Waals surface area contributed by atoms with E-state index in [2.05, 4.69) is 16.0 Å². The molecule has 8 nitrogen and oxygen atoms in total. The molecule has 1 aromatic carbocycles. The highest BCUT2D eigenvalue weighted by Crippen LogP contribution is 2.29. The maximum absolute atomic E-state index is 13.3. The van der Waals surface area contributed by atoms with Gasteiger partial charge >= 0.3 is 0 Å². The number of rotatable bonds is 10. The lowest BCUT2D eigenvalue weighted by molar-refractivity contribution is -0.144. The van der Waals surface area contributed by atoms with Gasteiger partial charge in [-0.25, -0.2) is 0 Å². The van der Waals surface area contributed by atoms with Gasteiger partial charge in [0.1, 0.15) is 11.8 Å². The van der Waals surface area contributed by atoms with Crippen molar-refractivity contribution in [2.24, 2.45) is 17.6 Å². The fraction of sp³-hybridized carbons (Fsp3) is 0.667. The molecule has 3 amide bonds. The van der Waals surface area contributed by atoms with E-state index in [1.165, 1.54) is 25.7 Å². The molecule has 1 aromatic rings. The lowest BCUT2D eigenvalue weighted by Crippen LogP contribution is -2.72. The number of β-lactam (4-membered cyclic amide) rings is 1. The van der Waals surface area contributed by atoms with Gasteiger partial charge in [0.15, 0.2) is 6.04 Å². The molecule has 4 unspecified atom stereocenters. The Hall–Kier alpha value is -2.61. The third kappa shape index (κ3) is 7.19. The predicted molar refractivity (Wildman–Crippen MR) is 133 cm³/mol. The van der Waals surface area contributed by atoms with Gasteiger partial charge in [0.05, 0.1) is 6.04 Å². The molecule has 2 saturated carbocycles. The first-order chi connectivity index (χ1) is 17.0. The van der Waals surface area contributed by atoms with Crippen LogP contribution in [0, 0.1) is 11.8 Å². The molecular formula is C27H40N4O4. The first-order valence-electron chi connectivity index (χ1n) is 13.4. The average Bonchev–Trinajstić information content (AvgIpc) is 2.88. The average molecular weight is 485 g/mol. The highest BCUT2D eigenvalue weighted by molar-refractivity contribution is 5.96. The van der Waals surface area contributed by atoms with Crippen molar-refractivity contribution in [1.29, 1.82) is 0 Å². The summed E-state index contributed by atoms with van der Waals surface area (Å²) in [6.45, 7) is 0. The fourth-order valence-electron chi connectivity index (χ4n) is 5.65. The molecule has 192 valence electrons. The molecular weight excluding hydrogens is 444 g/mol. The van der Waals surface area contributed by atoms with Gasteiger partial charge in [0.2, 0.25) is 18.0 Å². The molecule has 8 heteroatoms. The summed E-state index contributed by atoms with van der Waals surface area (Å²) < 4.78 is 5.81. The molecule has 5 N–H and O–H groups in total. The van der Waals surface area contributed by atoms with Gasteiger partial charge in [-0.05, 0) is 36.8 Å². The number of carbonyl (C=O) groups excluding carboxylic acids is 3. The van der Waals surface area contributed by atoms with Crippen LogP contribution >= 0.6 is 0 Å². The Labute approximate surface area is 208 Å². The molecule has 3 fully saturated rings. The molecule has 4 rings (SSSR count). The normalized spacial score (nSPS) is 25.0.